The maximum absolute atomic E-state index is 12.3. The minimum Gasteiger partial charge on any atom is -0.483 e. The van der Waals surface area contributed by atoms with E-state index in [1.54, 1.807) is 0 Å². The monoisotopic (exact) mass is 324 g/mol. The van der Waals surface area contributed by atoms with Gasteiger partial charge in [0, 0.05) is 25.6 Å². The van der Waals surface area contributed by atoms with Gasteiger partial charge in [-0.25, -0.2) is 0 Å². The largest absolute Gasteiger partial charge is 0.483 e. The quantitative estimate of drug-likeness (QED) is 0.920. The Bertz CT molecular complexity index is 664. The van der Waals surface area contributed by atoms with E-state index in [2.05, 4.69) is 12.1 Å². The summed E-state index contributed by atoms with van der Waals surface area (Å²) < 4.78 is 5.83. The number of ether oxygens (including phenoxy) is 1. The Morgan fingerprint density at radius 1 is 1.04 bits per heavy atom. The molecule has 24 heavy (non-hydrogen) atoms. The highest BCUT2D eigenvalue weighted by molar-refractivity contribution is 5.77. The van der Waals surface area contributed by atoms with Crippen LogP contribution in [0.5, 0.6) is 5.75 Å². The molecule has 0 saturated carbocycles. The van der Waals surface area contributed by atoms with Crippen LogP contribution in [0, 0.1) is 0 Å². The van der Waals surface area contributed by atoms with Crippen molar-refractivity contribution in [3.05, 3.63) is 65.7 Å². The summed E-state index contributed by atoms with van der Waals surface area (Å²) in [6, 6.07) is 18.4. The van der Waals surface area contributed by atoms with Crippen molar-refractivity contribution < 1.29 is 9.53 Å². The molecule has 2 N–H and O–H groups in total. The lowest BCUT2D eigenvalue weighted by Gasteiger charge is -2.30. The second-order valence-corrected chi connectivity index (χ2v) is 6.28. The molecule has 0 aliphatic carbocycles. The van der Waals surface area contributed by atoms with E-state index in [1.165, 1.54) is 5.56 Å². The van der Waals surface area contributed by atoms with Gasteiger partial charge in [0.05, 0.1) is 0 Å². The Labute approximate surface area is 143 Å². The van der Waals surface area contributed by atoms with Crippen LogP contribution in [0.15, 0.2) is 54.6 Å². The molecule has 4 heteroatoms. The Morgan fingerprint density at radius 3 is 2.46 bits per heavy atom. The molecule has 0 spiro atoms. The molecular weight excluding hydrogens is 300 g/mol. The average molecular weight is 324 g/mol. The van der Waals surface area contributed by atoms with Gasteiger partial charge in [-0.2, -0.15) is 0 Å². The molecule has 1 amide bonds. The third kappa shape index (κ3) is 4.36. The molecule has 0 radical (unpaired) electrons. The van der Waals surface area contributed by atoms with Crippen LogP contribution in [0.4, 0.5) is 0 Å². The van der Waals surface area contributed by atoms with E-state index in [0.29, 0.717) is 0 Å². The fourth-order valence-electron chi connectivity index (χ4n) is 2.99. The van der Waals surface area contributed by atoms with Crippen molar-refractivity contribution in [1.29, 1.82) is 0 Å². The first-order chi connectivity index (χ1) is 11.7. The van der Waals surface area contributed by atoms with Crippen LogP contribution in [0.2, 0.25) is 0 Å². The van der Waals surface area contributed by atoms with Gasteiger partial charge in [-0.1, -0.05) is 48.5 Å². The van der Waals surface area contributed by atoms with Crippen molar-refractivity contribution in [3.8, 4) is 5.75 Å². The molecule has 2 aromatic rings. The maximum atomic E-state index is 12.3. The molecule has 1 aliphatic rings. The zero-order chi connectivity index (χ0) is 16.8. The van der Waals surface area contributed by atoms with Crippen LogP contribution in [-0.2, 0) is 11.2 Å². The molecule has 3 rings (SSSR count). The Kier molecular flexibility index (Phi) is 5.49. The number of para-hydroxylation sites is 1. The van der Waals surface area contributed by atoms with E-state index < -0.39 is 0 Å². The molecule has 0 atom stereocenters. The summed E-state index contributed by atoms with van der Waals surface area (Å²) in [5.41, 5.74) is 8.21. The predicted octanol–water partition coefficient (Wildman–Crippen LogP) is 2.61. The molecule has 1 aliphatic heterocycles. The van der Waals surface area contributed by atoms with Gasteiger partial charge in [-0.3, -0.25) is 4.79 Å². The second kappa shape index (κ2) is 7.97. The molecular formula is C20H24N2O2. The summed E-state index contributed by atoms with van der Waals surface area (Å²) in [5.74, 6) is 0.819. The average Bonchev–Trinajstić information content (AvgIpc) is 2.62. The van der Waals surface area contributed by atoms with Gasteiger partial charge >= 0.3 is 0 Å². The van der Waals surface area contributed by atoms with Crippen LogP contribution < -0.4 is 10.5 Å². The van der Waals surface area contributed by atoms with Gasteiger partial charge in [-0.05, 0) is 30.0 Å². The van der Waals surface area contributed by atoms with Gasteiger partial charge in [0.1, 0.15) is 5.75 Å². The highest BCUT2D eigenvalue weighted by atomic mass is 16.5. The van der Waals surface area contributed by atoms with Crippen LogP contribution in [0.25, 0.3) is 0 Å². The fourth-order valence-corrected chi connectivity index (χ4v) is 2.99. The maximum Gasteiger partial charge on any atom is 0.260 e. The minimum absolute atomic E-state index is 0.0383. The van der Waals surface area contributed by atoms with E-state index in [9.17, 15) is 4.79 Å². The van der Waals surface area contributed by atoms with E-state index >= 15 is 0 Å². The van der Waals surface area contributed by atoms with Crippen molar-refractivity contribution in [1.82, 2.24) is 4.90 Å². The number of amides is 1. The lowest BCUT2D eigenvalue weighted by Crippen LogP contribution is -2.44. The number of likely N-dealkylation sites (tertiary alicyclic amines) is 1. The first-order valence-corrected chi connectivity index (χ1v) is 8.50. The number of nitrogens with two attached hydrogens (primary N) is 1. The van der Waals surface area contributed by atoms with Crippen LogP contribution in [-0.4, -0.2) is 36.5 Å². The third-order valence-corrected chi connectivity index (χ3v) is 4.45. The molecule has 0 unspecified atom stereocenters. The SMILES string of the molecule is NC1CCN(C(=O)COc2ccccc2Cc2ccccc2)CC1. The third-order valence-electron chi connectivity index (χ3n) is 4.45. The van der Waals surface area contributed by atoms with E-state index in [1.807, 2.05) is 47.4 Å². The van der Waals surface area contributed by atoms with Crippen molar-refractivity contribution >= 4 is 5.91 Å². The molecule has 1 heterocycles. The molecule has 1 saturated heterocycles. The first kappa shape index (κ1) is 16.5. The summed E-state index contributed by atoms with van der Waals surface area (Å²) in [6.45, 7) is 1.55. The number of carbonyl (C=O) groups is 1. The fraction of sp³-hybridized carbons (Fsp3) is 0.350. The molecule has 0 aromatic heterocycles. The molecule has 2 aromatic carbocycles. The lowest BCUT2D eigenvalue weighted by atomic mass is 10.0. The number of nitrogens with zero attached hydrogens (tertiary/aromatic N) is 1. The lowest BCUT2D eigenvalue weighted by molar-refractivity contribution is -0.134. The van der Waals surface area contributed by atoms with Gasteiger partial charge in [-0.15, -0.1) is 0 Å². The molecule has 4 nitrogen and oxygen atoms in total. The normalized spacial score (nSPS) is 15.3. The van der Waals surface area contributed by atoms with Gasteiger partial charge < -0.3 is 15.4 Å². The number of piperidine rings is 1. The summed E-state index contributed by atoms with van der Waals surface area (Å²) in [6.07, 6.45) is 2.54. The van der Waals surface area contributed by atoms with Crippen LogP contribution >= 0.6 is 0 Å². The van der Waals surface area contributed by atoms with Gasteiger partial charge in [0.25, 0.3) is 5.91 Å². The van der Waals surface area contributed by atoms with E-state index in [0.717, 1.165) is 43.7 Å². The predicted molar refractivity (Wildman–Crippen MR) is 95.0 cm³/mol. The number of hydrogen-bond donors (Lipinski definition) is 1. The summed E-state index contributed by atoms with van der Waals surface area (Å²) in [4.78, 5) is 14.2. The zero-order valence-corrected chi connectivity index (χ0v) is 13.9. The highest BCUT2D eigenvalue weighted by Crippen LogP contribution is 2.21. The Morgan fingerprint density at radius 2 is 1.71 bits per heavy atom. The standard InChI is InChI=1S/C20H24N2O2/c21-18-10-12-22(13-11-18)20(23)15-24-19-9-5-4-8-17(19)14-16-6-2-1-3-7-16/h1-9,18H,10-15,21H2. The smallest absolute Gasteiger partial charge is 0.260 e. The number of benzene rings is 2. The first-order valence-electron chi connectivity index (χ1n) is 8.50. The van der Waals surface area contributed by atoms with Crippen LogP contribution in [0.1, 0.15) is 24.0 Å². The number of rotatable bonds is 5. The minimum atomic E-state index is 0.0383. The van der Waals surface area contributed by atoms with E-state index in [-0.39, 0.29) is 18.6 Å². The van der Waals surface area contributed by atoms with Crippen molar-refractivity contribution in [2.24, 2.45) is 5.73 Å². The second-order valence-electron chi connectivity index (χ2n) is 6.28. The summed E-state index contributed by atoms with van der Waals surface area (Å²) >= 11 is 0. The van der Waals surface area contributed by atoms with Crippen molar-refractivity contribution in [2.75, 3.05) is 19.7 Å². The van der Waals surface area contributed by atoms with Gasteiger partial charge in [0.2, 0.25) is 0 Å². The zero-order valence-electron chi connectivity index (χ0n) is 13.9. The van der Waals surface area contributed by atoms with Crippen LogP contribution in [0.3, 0.4) is 0 Å². The van der Waals surface area contributed by atoms with Crippen molar-refractivity contribution in [2.45, 2.75) is 25.3 Å². The Hall–Kier alpha value is -2.33. The molecule has 126 valence electrons. The summed E-state index contributed by atoms with van der Waals surface area (Å²) in [7, 11) is 0. The molecule has 1 fully saturated rings. The Balaban J connectivity index is 1.60. The molecule has 0 bridgehead atoms. The summed E-state index contributed by atoms with van der Waals surface area (Å²) in [5, 5.41) is 0. The number of carbonyl (C=O) groups excluding carboxylic acids is 1. The topological polar surface area (TPSA) is 55.6 Å². The number of hydrogen-bond acceptors (Lipinski definition) is 3. The van der Waals surface area contributed by atoms with E-state index in [4.69, 9.17) is 10.5 Å². The highest BCUT2D eigenvalue weighted by Gasteiger charge is 2.21. The van der Waals surface area contributed by atoms with Gasteiger partial charge in [0.15, 0.2) is 6.61 Å². The van der Waals surface area contributed by atoms with Crippen molar-refractivity contribution in [3.63, 3.8) is 0 Å².